The molecule has 0 rings (SSSR count). The van der Waals surface area contributed by atoms with Crippen molar-refractivity contribution >= 4 is 12.6 Å². The van der Waals surface area contributed by atoms with E-state index in [1.165, 1.54) is 32.1 Å². The molecule has 1 atom stereocenters. The molecule has 0 aromatic rings. The van der Waals surface area contributed by atoms with Crippen LogP contribution in [0.1, 0.15) is 59.3 Å². The molecule has 0 saturated heterocycles. The van der Waals surface area contributed by atoms with E-state index in [1.807, 2.05) is 6.92 Å². The van der Waals surface area contributed by atoms with E-state index in [0.29, 0.717) is 0 Å². The molecule has 0 aromatic heterocycles. The van der Waals surface area contributed by atoms with E-state index in [4.69, 9.17) is 4.74 Å². The van der Waals surface area contributed by atoms with Crippen LogP contribution in [0.5, 0.6) is 0 Å². The molecular weight excluding hydrogens is 180 g/mol. The zero-order valence-electron chi connectivity index (χ0n) is 9.31. The highest BCUT2D eigenvalue weighted by Crippen LogP contribution is 2.23. The van der Waals surface area contributed by atoms with Crippen molar-refractivity contribution in [2.24, 2.45) is 0 Å². The van der Waals surface area contributed by atoms with Crippen molar-refractivity contribution in [1.82, 2.24) is 0 Å². The van der Waals surface area contributed by atoms with E-state index >= 15 is 0 Å². The predicted octanol–water partition coefficient (Wildman–Crippen LogP) is 4.03. The zero-order valence-corrected chi connectivity index (χ0v) is 10.2. The van der Waals surface area contributed by atoms with Gasteiger partial charge in [0.25, 0.3) is 0 Å². The van der Waals surface area contributed by atoms with E-state index < -0.39 is 0 Å². The van der Waals surface area contributed by atoms with Crippen molar-refractivity contribution in [1.29, 1.82) is 0 Å². The Labute approximate surface area is 88.7 Å². The average Bonchev–Trinajstić information content (AvgIpc) is 2.04. The zero-order chi connectivity index (χ0) is 10.2. The summed E-state index contributed by atoms with van der Waals surface area (Å²) in [5.41, 5.74) is 0. The summed E-state index contributed by atoms with van der Waals surface area (Å²) >= 11 is 4.47. The van der Waals surface area contributed by atoms with Gasteiger partial charge in [0.15, 0.2) is 0 Å². The molecule has 0 saturated carbocycles. The molecule has 0 heterocycles. The number of hydrogen-bond acceptors (Lipinski definition) is 2. The molecular formula is C11H24OS. The Kier molecular flexibility index (Phi) is 7.87. The summed E-state index contributed by atoms with van der Waals surface area (Å²) < 4.78 is 5.50. The standard InChI is InChI=1S/C11H24OS/c1-4-6-7-8-9-10-11(3,13)12-5-2/h13H,4-10H2,1-3H3. The van der Waals surface area contributed by atoms with Crippen LogP contribution in [0.3, 0.4) is 0 Å². The molecule has 0 amide bonds. The summed E-state index contributed by atoms with van der Waals surface area (Å²) in [5, 5.41) is 0. The van der Waals surface area contributed by atoms with Gasteiger partial charge in [-0.2, -0.15) is 0 Å². The quantitative estimate of drug-likeness (QED) is 0.357. The van der Waals surface area contributed by atoms with E-state index in [2.05, 4.69) is 26.5 Å². The fraction of sp³-hybridized carbons (Fsp3) is 1.00. The van der Waals surface area contributed by atoms with Crippen LogP contribution < -0.4 is 0 Å². The summed E-state index contributed by atoms with van der Waals surface area (Å²) in [7, 11) is 0. The van der Waals surface area contributed by atoms with Crippen LogP contribution in [0, 0.1) is 0 Å². The molecule has 2 heteroatoms. The molecule has 0 radical (unpaired) electrons. The lowest BCUT2D eigenvalue weighted by Gasteiger charge is -2.23. The van der Waals surface area contributed by atoms with Crippen LogP contribution in [-0.2, 0) is 4.74 Å². The second kappa shape index (κ2) is 7.69. The number of unbranched alkanes of at least 4 members (excludes halogenated alkanes) is 4. The molecule has 0 aliphatic carbocycles. The number of thiol groups is 1. The summed E-state index contributed by atoms with van der Waals surface area (Å²) in [6, 6.07) is 0. The van der Waals surface area contributed by atoms with E-state index in [0.717, 1.165) is 13.0 Å². The summed E-state index contributed by atoms with van der Waals surface area (Å²) in [4.78, 5) is -0.207. The van der Waals surface area contributed by atoms with Crippen LogP contribution in [0.25, 0.3) is 0 Å². The van der Waals surface area contributed by atoms with Gasteiger partial charge in [-0.3, -0.25) is 0 Å². The van der Waals surface area contributed by atoms with Gasteiger partial charge >= 0.3 is 0 Å². The Balaban J connectivity index is 3.29. The van der Waals surface area contributed by atoms with Gasteiger partial charge in [0.2, 0.25) is 0 Å². The van der Waals surface area contributed by atoms with Gasteiger partial charge in [0.1, 0.15) is 4.93 Å². The van der Waals surface area contributed by atoms with E-state index in [9.17, 15) is 0 Å². The number of hydrogen-bond donors (Lipinski definition) is 1. The van der Waals surface area contributed by atoms with Crippen molar-refractivity contribution in [3.63, 3.8) is 0 Å². The fourth-order valence-electron chi connectivity index (χ4n) is 1.44. The highest BCUT2D eigenvalue weighted by atomic mass is 32.1. The lowest BCUT2D eigenvalue weighted by molar-refractivity contribution is 0.0420. The highest BCUT2D eigenvalue weighted by molar-refractivity contribution is 7.81. The first-order chi connectivity index (χ1) is 6.12. The third-order valence-electron chi connectivity index (χ3n) is 2.20. The first-order valence-corrected chi connectivity index (χ1v) is 5.93. The minimum absolute atomic E-state index is 0.207. The van der Waals surface area contributed by atoms with Gasteiger partial charge in [-0.25, -0.2) is 0 Å². The van der Waals surface area contributed by atoms with E-state index in [-0.39, 0.29) is 4.93 Å². The van der Waals surface area contributed by atoms with E-state index in [1.54, 1.807) is 0 Å². The molecule has 0 aliphatic heterocycles. The second-order valence-electron chi connectivity index (χ2n) is 3.77. The van der Waals surface area contributed by atoms with Crippen molar-refractivity contribution in [2.75, 3.05) is 6.61 Å². The largest absolute Gasteiger partial charge is 0.365 e. The van der Waals surface area contributed by atoms with Crippen LogP contribution in [0.2, 0.25) is 0 Å². The summed E-state index contributed by atoms with van der Waals surface area (Å²) in [6.07, 6.45) is 7.64. The molecule has 13 heavy (non-hydrogen) atoms. The molecule has 80 valence electrons. The summed E-state index contributed by atoms with van der Waals surface area (Å²) in [5.74, 6) is 0. The number of ether oxygens (including phenoxy) is 1. The van der Waals surface area contributed by atoms with Gasteiger partial charge in [0, 0.05) is 6.61 Å². The van der Waals surface area contributed by atoms with Crippen LogP contribution in [0.15, 0.2) is 0 Å². The van der Waals surface area contributed by atoms with Crippen molar-refractivity contribution in [3.8, 4) is 0 Å². The van der Waals surface area contributed by atoms with Crippen LogP contribution >= 0.6 is 12.6 Å². The molecule has 0 N–H and O–H groups in total. The maximum Gasteiger partial charge on any atom is 0.108 e. The minimum atomic E-state index is -0.207. The van der Waals surface area contributed by atoms with Gasteiger partial charge in [-0.15, -0.1) is 12.6 Å². The van der Waals surface area contributed by atoms with Crippen LogP contribution in [-0.4, -0.2) is 11.5 Å². The third kappa shape index (κ3) is 8.63. The maximum atomic E-state index is 5.50. The van der Waals surface area contributed by atoms with Crippen molar-refractivity contribution < 1.29 is 4.74 Å². The van der Waals surface area contributed by atoms with Gasteiger partial charge in [0.05, 0.1) is 0 Å². The Bertz CT molecular complexity index is 113. The molecule has 1 nitrogen and oxygen atoms in total. The first kappa shape index (κ1) is 13.3. The normalized spacial score (nSPS) is 15.7. The minimum Gasteiger partial charge on any atom is -0.365 e. The maximum absolute atomic E-state index is 5.50. The molecule has 1 unspecified atom stereocenters. The highest BCUT2D eigenvalue weighted by Gasteiger charge is 2.17. The Morgan fingerprint density at radius 1 is 1.08 bits per heavy atom. The lowest BCUT2D eigenvalue weighted by atomic mass is 10.1. The van der Waals surface area contributed by atoms with Crippen molar-refractivity contribution in [2.45, 2.75) is 64.2 Å². The third-order valence-corrected chi connectivity index (χ3v) is 2.55. The first-order valence-electron chi connectivity index (χ1n) is 5.48. The predicted molar refractivity (Wildman–Crippen MR) is 62.4 cm³/mol. The molecule has 0 bridgehead atoms. The topological polar surface area (TPSA) is 9.23 Å². The van der Waals surface area contributed by atoms with Crippen LogP contribution in [0.4, 0.5) is 0 Å². The molecule has 0 fully saturated rings. The molecule has 0 spiro atoms. The molecule has 0 aromatic carbocycles. The van der Waals surface area contributed by atoms with Crippen molar-refractivity contribution in [3.05, 3.63) is 0 Å². The van der Waals surface area contributed by atoms with Gasteiger partial charge in [-0.05, 0) is 26.7 Å². The summed E-state index contributed by atoms with van der Waals surface area (Å²) in [6.45, 7) is 7.07. The smallest absolute Gasteiger partial charge is 0.108 e. The lowest BCUT2D eigenvalue weighted by Crippen LogP contribution is -2.20. The average molecular weight is 204 g/mol. The Hall–Kier alpha value is 0.310. The molecule has 0 aliphatic rings. The van der Waals surface area contributed by atoms with Gasteiger partial charge in [-0.1, -0.05) is 32.6 Å². The second-order valence-corrected chi connectivity index (χ2v) is 4.72. The SMILES string of the molecule is CCCCCCCC(C)(S)OCC. The van der Waals surface area contributed by atoms with Gasteiger partial charge < -0.3 is 4.74 Å². The Morgan fingerprint density at radius 3 is 2.23 bits per heavy atom. The fourth-order valence-corrected chi connectivity index (χ4v) is 1.73. The Morgan fingerprint density at radius 2 is 1.69 bits per heavy atom. The number of rotatable bonds is 8. The monoisotopic (exact) mass is 204 g/mol.